The molecule has 4 amide bonds. The molecule has 16 nitrogen and oxygen atoms in total. The fraction of sp³-hybridized carbons (Fsp3) is 0.388. The number of imidazole rings is 2. The van der Waals surface area contributed by atoms with E-state index in [1.807, 2.05) is 54.6 Å². The van der Waals surface area contributed by atoms with Gasteiger partial charge in [-0.3, -0.25) is 9.59 Å². The van der Waals surface area contributed by atoms with Gasteiger partial charge in [-0.1, -0.05) is 69.3 Å². The second-order valence-corrected chi connectivity index (χ2v) is 17.6. The number of likely N-dealkylation sites (tertiary alicyclic amines) is 1. The molecule has 4 heterocycles. The summed E-state index contributed by atoms with van der Waals surface area (Å²) in [7, 11) is 4.02. The summed E-state index contributed by atoms with van der Waals surface area (Å²) < 4.78 is 62.7. The van der Waals surface area contributed by atoms with Gasteiger partial charge in [-0.05, 0) is 64.2 Å². The summed E-state index contributed by atoms with van der Waals surface area (Å²) in [6.07, 6.45) is -4.01. The maximum absolute atomic E-state index is 14.4. The summed E-state index contributed by atoms with van der Waals surface area (Å²) >= 11 is 0. The van der Waals surface area contributed by atoms with Gasteiger partial charge < -0.3 is 49.3 Å². The van der Waals surface area contributed by atoms with Crippen LogP contribution in [0, 0.1) is 17.8 Å². The van der Waals surface area contributed by atoms with Crippen molar-refractivity contribution in [2.24, 2.45) is 17.8 Å². The third kappa shape index (κ3) is 9.79. The number of nitrogens with one attached hydrogen (secondary N) is 4. The zero-order valence-corrected chi connectivity index (χ0v) is 38.4. The van der Waals surface area contributed by atoms with E-state index in [9.17, 15) is 32.3 Å². The third-order valence-electron chi connectivity index (χ3n) is 12.6. The molecule has 6 aromatic rings. The first-order valence-corrected chi connectivity index (χ1v) is 22.2. The number of aromatic amines is 2. The minimum atomic E-state index is -4.56. The van der Waals surface area contributed by atoms with Crippen molar-refractivity contribution in [3.63, 3.8) is 0 Å². The molecule has 0 unspecified atom stereocenters. The van der Waals surface area contributed by atoms with E-state index in [0.717, 1.165) is 57.5 Å². The number of benzene rings is 4. The SMILES string of the molecule is COC[C@H]1C[C@@H](c2nc3c(ccc4cc5c(cc43)OCc3cc(-c4cnc(CN(C[C@H](C)C(F)(F)F)C(=O)[C@@H](NC(=O)OC)C(C)C)[nH]4)ccc3-5)[nH]2)N(C(=O)[C@H](NC(=O)OC)c2ccccc2)C1. The Labute approximate surface area is 389 Å². The molecule has 2 aliphatic rings. The molecule has 2 aliphatic heterocycles. The number of rotatable bonds is 14. The van der Waals surface area contributed by atoms with E-state index in [0.29, 0.717) is 47.9 Å². The highest BCUT2D eigenvalue weighted by Gasteiger charge is 2.42. The average Bonchev–Trinajstić information content (AvgIpc) is 4.10. The second kappa shape index (κ2) is 19.6. The Morgan fingerprint density at radius 3 is 2.38 bits per heavy atom. The lowest BCUT2D eigenvalue weighted by Crippen LogP contribution is -2.52. The van der Waals surface area contributed by atoms with Crippen molar-refractivity contribution in [2.75, 3.05) is 41.0 Å². The standard InChI is InChI=1S/C49H53F3N8O8/c1-26(2)41(57-47(63)66-5)45(61)59(21-27(3)49(50,51)52)23-40-53-20-37(54-40)31-12-14-33-32(17-31)25-68-39-19-34-30(18-35(33)39)13-15-36-43(34)56-44(55-36)38-16-28(24-65-4)22-60(38)46(62)42(58-48(64)67-6)29-10-8-7-9-11-29/h7-15,17-20,26-28,38,41-42H,16,21-25H2,1-6H3,(H,53,54)(H,55,56)(H,57,63)(H,58,64)/t27-,28-,38-,41-,42+/m0/s1. The maximum atomic E-state index is 14.4. The molecule has 68 heavy (non-hydrogen) atoms. The molecule has 358 valence electrons. The molecule has 2 aromatic heterocycles. The van der Waals surface area contributed by atoms with E-state index in [2.05, 4.69) is 36.4 Å². The van der Waals surface area contributed by atoms with Crippen molar-refractivity contribution in [1.82, 2.24) is 40.4 Å². The van der Waals surface area contributed by atoms with Gasteiger partial charge in [0.15, 0.2) is 0 Å². The lowest BCUT2D eigenvalue weighted by atomic mass is 9.92. The molecular formula is C49H53F3N8O8. The Morgan fingerprint density at radius 2 is 1.68 bits per heavy atom. The number of hydrogen-bond donors (Lipinski definition) is 4. The molecule has 8 rings (SSSR count). The molecule has 0 radical (unpaired) electrons. The lowest BCUT2D eigenvalue weighted by molar-refractivity contribution is -0.176. The number of carbonyl (C=O) groups is 4. The minimum Gasteiger partial charge on any atom is -0.488 e. The van der Waals surface area contributed by atoms with Gasteiger partial charge in [-0.15, -0.1) is 0 Å². The fourth-order valence-corrected chi connectivity index (χ4v) is 9.02. The molecule has 19 heteroatoms. The minimum absolute atomic E-state index is 0.0206. The van der Waals surface area contributed by atoms with Crippen molar-refractivity contribution in [3.05, 3.63) is 102 Å². The van der Waals surface area contributed by atoms with Gasteiger partial charge in [0.1, 0.15) is 36.1 Å². The van der Waals surface area contributed by atoms with Crippen LogP contribution in [0.3, 0.4) is 0 Å². The molecular weight excluding hydrogens is 886 g/mol. The van der Waals surface area contributed by atoms with Crippen molar-refractivity contribution in [1.29, 1.82) is 0 Å². The smallest absolute Gasteiger partial charge is 0.407 e. The summed E-state index contributed by atoms with van der Waals surface area (Å²) in [4.78, 5) is 71.7. The van der Waals surface area contributed by atoms with Gasteiger partial charge in [0.2, 0.25) is 5.91 Å². The van der Waals surface area contributed by atoms with Crippen LogP contribution in [-0.2, 0) is 37.0 Å². The number of alkyl halides is 3. The summed E-state index contributed by atoms with van der Waals surface area (Å²) in [5, 5.41) is 6.94. The van der Waals surface area contributed by atoms with Gasteiger partial charge in [0.25, 0.3) is 5.91 Å². The van der Waals surface area contributed by atoms with Crippen LogP contribution >= 0.6 is 0 Å². The van der Waals surface area contributed by atoms with Crippen LogP contribution in [-0.4, -0.2) is 107 Å². The van der Waals surface area contributed by atoms with Crippen molar-refractivity contribution in [2.45, 2.75) is 64.6 Å². The first kappa shape index (κ1) is 47.3. The Kier molecular flexibility index (Phi) is 13.6. The second-order valence-electron chi connectivity index (χ2n) is 17.6. The quantitative estimate of drug-likeness (QED) is 0.0828. The fourth-order valence-electron chi connectivity index (χ4n) is 9.02. The van der Waals surface area contributed by atoms with Crippen LogP contribution in [0.5, 0.6) is 5.75 Å². The van der Waals surface area contributed by atoms with E-state index in [-0.39, 0.29) is 30.8 Å². The molecule has 5 atom stereocenters. The number of alkyl carbamates (subject to hydrolysis) is 2. The number of halogens is 3. The van der Waals surface area contributed by atoms with Gasteiger partial charge in [-0.2, -0.15) is 13.2 Å². The van der Waals surface area contributed by atoms with Crippen LogP contribution in [0.2, 0.25) is 0 Å². The number of H-pyrrole nitrogens is 2. The first-order chi connectivity index (χ1) is 32.6. The molecule has 0 bridgehead atoms. The number of methoxy groups -OCH3 is 3. The van der Waals surface area contributed by atoms with E-state index in [1.165, 1.54) is 7.11 Å². The Hall–Kier alpha value is -7.15. The molecule has 0 spiro atoms. The van der Waals surface area contributed by atoms with Crippen LogP contribution in [0.15, 0.2) is 79.0 Å². The van der Waals surface area contributed by atoms with Crippen LogP contribution in [0.25, 0.3) is 44.2 Å². The molecule has 4 aromatic carbocycles. The number of carbonyl (C=O) groups excluding carboxylic acids is 4. The number of hydrogen-bond acceptors (Lipinski definition) is 10. The predicted octanol–water partition coefficient (Wildman–Crippen LogP) is 8.21. The number of nitrogens with zero attached hydrogens (tertiary/aromatic N) is 4. The van der Waals surface area contributed by atoms with Crippen LogP contribution in [0.4, 0.5) is 22.8 Å². The highest BCUT2D eigenvalue weighted by Crippen LogP contribution is 2.44. The number of ether oxygens (including phenoxy) is 4. The summed E-state index contributed by atoms with van der Waals surface area (Å²) in [6.45, 7) is 4.52. The third-order valence-corrected chi connectivity index (χ3v) is 12.6. The van der Waals surface area contributed by atoms with Crippen LogP contribution in [0.1, 0.15) is 62.1 Å². The normalized spacial score (nSPS) is 16.9. The van der Waals surface area contributed by atoms with E-state index in [4.69, 9.17) is 19.2 Å². The van der Waals surface area contributed by atoms with Gasteiger partial charge >= 0.3 is 18.4 Å². The van der Waals surface area contributed by atoms with Crippen molar-refractivity contribution in [3.8, 4) is 28.1 Å². The summed E-state index contributed by atoms with van der Waals surface area (Å²) in [5.74, 6) is -1.74. The number of amides is 4. The molecule has 0 saturated carbocycles. The van der Waals surface area contributed by atoms with E-state index in [1.54, 1.807) is 44.2 Å². The molecule has 0 aliphatic carbocycles. The Morgan fingerprint density at radius 1 is 0.926 bits per heavy atom. The largest absolute Gasteiger partial charge is 0.488 e. The number of fused-ring (bicyclic) bond motifs is 6. The Bertz CT molecular complexity index is 2830. The van der Waals surface area contributed by atoms with Gasteiger partial charge in [0, 0.05) is 37.1 Å². The zero-order chi connectivity index (χ0) is 48.4. The topological polar surface area (TPSA) is 193 Å². The first-order valence-electron chi connectivity index (χ1n) is 22.2. The van der Waals surface area contributed by atoms with Gasteiger partial charge in [0.05, 0.1) is 62.3 Å². The van der Waals surface area contributed by atoms with Crippen LogP contribution < -0.4 is 15.4 Å². The monoisotopic (exact) mass is 938 g/mol. The van der Waals surface area contributed by atoms with E-state index < -0.39 is 60.8 Å². The molecule has 1 saturated heterocycles. The Balaban J connectivity index is 1.05. The molecule has 1 fully saturated rings. The van der Waals surface area contributed by atoms with Crippen molar-refractivity contribution >= 4 is 45.8 Å². The summed E-state index contributed by atoms with van der Waals surface area (Å²) in [6, 6.07) is 20.3. The predicted molar refractivity (Wildman–Crippen MR) is 245 cm³/mol. The number of aromatic nitrogens is 4. The lowest BCUT2D eigenvalue weighted by Gasteiger charge is -2.31. The zero-order valence-electron chi connectivity index (χ0n) is 38.4. The van der Waals surface area contributed by atoms with Gasteiger partial charge in [-0.25, -0.2) is 19.6 Å². The molecule has 4 N–H and O–H groups in total. The maximum Gasteiger partial charge on any atom is 0.407 e. The summed E-state index contributed by atoms with van der Waals surface area (Å²) in [5.41, 5.74) is 6.16. The van der Waals surface area contributed by atoms with Crippen molar-refractivity contribution < 1.29 is 51.3 Å². The van der Waals surface area contributed by atoms with E-state index >= 15 is 0 Å². The average molecular weight is 939 g/mol. The highest BCUT2D eigenvalue weighted by atomic mass is 19.4. The highest BCUT2D eigenvalue weighted by molar-refractivity contribution is 6.07.